The maximum absolute atomic E-state index is 4.24. The zero-order valence-corrected chi connectivity index (χ0v) is 9.64. The molecule has 2 heterocycles. The SMILES string of the molecule is CC(C)N(Cc1ncc[nH]1)Cc1ncc[nH]1. The Morgan fingerprint density at radius 3 is 1.88 bits per heavy atom. The van der Waals surface area contributed by atoms with E-state index in [2.05, 4.69) is 38.7 Å². The summed E-state index contributed by atoms with van der Waals surface area (Å²) in [7, 11) is 0. The average molecular weight is 219 g/mol. The van der Waals surface area contributed by atoms with Crippen LogP contribution >= 0.6 is 0 Å². The Hall–Kier alpha value is -1.62. The molecule has 86 valence electrons. The molecular weight excluding hydrogens is 202 g/mol. The van der Waals surface area contributed by atoms with Crippen molar-refractivity contribution in [2.24, 2.45) is 0 Å². The van der Waals surface area contributed by atoms with E-state index in [1.165, 1.54) is 0 Å². The Labute approximate surface area is 94.9 Å². The fraction of sp³-hybridized carbons (Fsp3) is 0.455. The van der Waals surface area contributed by atoms with Crippen molar-refractivity contribution in [3.8, 4) is 0 Å². The molecule has 0 aliphatic rings. The topological polar surface area (TPSA) is 60.6 Å². The number of hydrogen-bond acceptors (Lipinski definition) is 3. The standard InChI is InChI=1S/C11H17N5/c1-9(2)16(7-10-12-3-4-13-10)8-11-14-5-6-15-11/h3-6,9H,7-8H2,1-2H3,(H,12,13)(H,14,15). The molecule has 0 unspecified atom stereocenters. The zero-order valence-electron chi connectivity index (χ0n) is 9.64. The van der Waals surface area contributed by atoms with Crippen LogP contribution < -0.4 is 0 Å². The highest BCUT2D eigenvalue weighted by Gasteiger charge is 2.12. The van der Waals surface area contributed by atoms with Crippen molar-refractivity contribution >= 4 is 0 Å². The minimum atomic E-state index is 0.454. The molecular formula is C11H17N5. The molecule has 5 nitrogen and oxygen atoms in total. The second-order valence-electron chi connectivity index (χ2n) is 4.07. The van der Waals surface area contributed by atoms with Crippen LogP contribution in [0.1, 0.15) is 25.5 Å². The first kappa shape index (κ1) is 10.9. The van der Waals surface area contributed by atoms with Gasteiger partial charge in [0.05, 0.1) is 13.1 Å². The Balaban J connectivity index is 2.00. The van der Waals surface area contributed by atoms with Gasteiger partial charge in [-0.2, -0.15) is 0 Å². The number of aromatic nitrogens is 4. The number of nitrogens with one attached hydrogen (secondary N) is 2. The lowest BCUT2D eigenvalue weighted by Crippen LogP contribution is -2.30. The van der Waals surface area contributed by atoms with Crippen LogP contribution in [0.5, 0.6) is 0 Å². The van der Waals surface area contributed by atoms with Crippen LogP contribution in [0.4, 0.5) is 0 Å². The average Bonchev–Trinajstić information content (AvgIpc) is 2.88. The lowest BCUT2D eigenvalue weighted by molar-refractivity contribution is 0.194. The highest BCUT2D eigenvalue weighted by molar-refractivity contribution is 4.91. The van der Waals surface area contributed by atoms with Crippen LogP contribution in [0, 0.1) is 0 Å². The summed E-state index contributed by atoms with van der Waals surface area (Å²) >= 11 is 0. The molecule has 2 aromatic rings. The number of imidazole rings is 2. The minimum absolute atomic E-state index is 0.454. The first-order valence-corrected chi connectivity index (χ1v) is 5.46. The normalized spacial score (nSPS) is 11.5. The van der Waals surface area contributed by atoms with Gasteiger partial charge in [-0.1, -0.05) is 0 Å². The number of rotatable bonds is 5. The molecule has 0 saturated heterocycles. The molecule has 2 rings (SSSR count). The molecule has 0 amide bonds. The highest BCUT2D eigenvalue weighted by atomic mass is 15.2. The minimum Gasteiger partial charge on any atom is -0.348 e. The van der Waals surface area contributed by atoms with Crippen molar-refractivity contribution in [1.29, 1.82) is 0 Å². The molecule has 0 saturated carbocycles. The van der Waals surface area contributed by atoms with Crippen LogP contribution in [-0.2, 0) is 13.1 Å². The van der Waals surface area contributed by atoms with Gasteiger partial charge in [0, 0.05) is 30.8 Å². The van der Waals surface area contributed by atoms with E-state index in [1.807, 2.05) is 12.4 Å². The van der Waals surface area contributed by atoms with Crippen LogP contribution in [0.2, 0.25) is 0 Å². The van der Waals surface area contributed by atoms with Crippen molar-refractivity contribution in [1.82, 2.24) is 24.8 Å². The van der Waals surface area contributed by atoms with Gasteiger partial charge in [0.15, 0.2) is 0 Å². The quantitative estimate of drug-likeness (QED) is 0.802. The van der Waals surface area contributed by atoms with E-state index in [9.17, 15) is 0 Å². The molecule has 5 heteroatoms. The van der Waals surface area contributed by atoms with Gasteiger partial charge >= 0.3 is 0 Å². The van der Waals surface area contributed by atoms with E-state index in [0.29, 0.717) is 6.04 Å². The van der Waals surface area contributed by atoms with Gasteiger partial charge in [0.1, 0.15) is 11.6 Å². The third-order valence-corrected chi connectivity index (χ3v) is 2.55. The largest absolute Gasteiger partial charge is 0.348 e. The van der Waals surface area contributed by atoms with Crippen LogP contribution in [0.25, 0.3) is 0 Å². The van der Waals surface area contributed by atoms with Gasteiger partial charge in [0.2, 0.25) is 0 Å². The van der Waals surface area contributed by atoms with E-state index >= 15 is 0 Å². The fourth-order valence-electron chi connectivity index (χ4n) is 1.57. The summed E-state index contributed by atoms with van der Waals surface area (Å²) in [6.45, 7) is 5.97. The zero-order chi connectivity index (χ0) is 11.4. The third-order valence-electron chi connectivity index (χ3n) is 2.55. The van der Waals surface area contributed by atoms with Crippen molar-refractivity contribution in [3.63, 3.8) is 0 Å². The lowest BCUT2D eigenvalue weighted by Gasteiger charge is -2.24. The molecule has 0 atom stereocenters. The van der Waals surface area contributed by atoms with Gasteiger partial charge < -0.3 is 9.97 Å². The second kappa shape index (κ2) is 4.94. The summed E-state index contributed by atoms with van der Waals surface area (Å²) in [6.07, 6.45) is 7.25. The summed E-state index contributed by atoms with van der Waals surface area (Å²) in [5.41, 5.74) is 0. The predicted octanol–water partition coefficient (Wildman–Crippen LogP) is 1.54. The third kappa shape index (κ3) is 2.70. The molecule has 0 aliphatic heterocycles. The molecule has 0 spiro atoms. The fourth-order valence-corrected chi connectivity index (χ4v) is 1.57. The summed E-state index contributed by atoms with van der Waals surface area (Å²) in [5, 5.41) is 0. The number of nitrogens with zero attached hydrogens (tertiary/aromatic N) is 3. The summed E-state index contributed by atoms with van der Waals surface area (Å²) in [5.74, 6) is 1.97. The highest BCUT2D eigenvalue weighted by Crippen LogP contribution is 2.08. The van der Waals surface area contributed by atoms with Gasteiger partial charge in [-0.15, -0.1) is 0 Å². The summed E-state index contributed by atoms with van der Waals surface area (Å²) in [4.78, 5) is 17.0. The molecule has 0 aromatic carbocycles. The van der Waals surface area contributed by atoms with Crippen molar-refractivity contribution in [2.75, 3.05) is 0 Å². The lowest BCUT2D eigenvalue weighted by atomic mass is 10.3. The van der Waals surface area contributed by atoms with E-state index in [0.717, 1.165) is 24.7 Å². The Morgan fingerprint density at radius 1 is 1.06 bits per heavy atom. The Morgan fingerprint density at radius 2 is 1.56 bits per heavy atom. The van der Waals surface area contributed by atoms with E-state index in [-0.39, 0.29) is 0 Å². The van der Waals surface area contributed by atoms with Crippen LogP contribution in [0.3, 0.4) is 0 Å². The van der Waals surface area contributed by atoms with Gasteiger partial charge in [-0.25, -0.2) is 9.97 Å². The van der Waals surface area contributed by atoms with Crippen molar-refractivity contribution < 1.29 is 0 Å². The van der Waals surface area contributed by atoms with Gasteiger partial charge in [-0.3, -0.25) is 4.90 Å². The first-order chi connectivity index (χ1) is 7.75. The molecule has 0 radical (unpaired) electrons. The number of hydrogen-bond donors (Lipinski definition) is 2. The molecule has 0 bridgehead atoms. The second-order valence-corrected chi connectivity index (χ2v) is 4.07. The van der Waals surface area contributed by atoms with E-state index in [1.54, 1.807) is 12.4 Å². The molecule has 2 aromatic heterocycles. The van der Waals surface area contributed by atoms with Crippen molar-refractivity contribution in [2.45, 2.75) is 33.0 Å². The first-order valence-electron chi connectivity index (χ1n) is 5.46. The maximum atomic E-state index is 4.24. The summed E-state index contributed by atoms with van der Waals surface area (Å²) in [6, 6.07) is 0.454. The Bertz CT molecular complexity index is 354. The van der Waals surface area contributed by atoms with Crippen LogP contribution in [0.15, 0.2) is 24.8 Å². The number of H-pyrrole nitrogens is 2. The van der Waals surface area contributed by atoms with E-state index in [4.69, 9.17) is 0 Å². The number of aromatic amines is 2. The monoisotopic (exact) mass is 219 g/mol. The maximum Gasteiger partial charge on any atom is 0.120 e. The van der Waals surface area contributed by atoms with Gasteiger partial charge in [0.25, 0.3) is 0 Å². The van der Waals surface area contributed by atoms with Gasteiger partial charge in [-0.05, 0) is 13.8 Å². The van der Waals surface area contributed by atoms with Crippen LogP contribution in [-0.4, -0.2) is 30.9 Å². The molecule has 0 aliphatic carbocycles. The summed E-state index contributed by atoms with van der Waals surface area (Å²) < 4.78 is 0. The van der Waals surface area contributed by atoms with Crippen molar-refractivity contribution in [3.05, 3.63) is 36.4 Å². The molecule has 0 fully saturated rings. The molecule has 16 heavy (non-hydrogen) atoms. The molecule has 2 N–H and O–H groups in total. The Kier molecular flexibility index (Phi) is 3.36. The predicted molar refractivity (Wildman–Crippen MR) is 61.6 cm³/mol. The smallest absolute Gasteiger partial charge is 0.120 e. The van der Waals surface area contributed by atoms with E-state index < -0.39 is 0 Å².